The maximum Gasteiger partial charge on any atom is 0.326 e. The van der Waals surface area contributed by atoms with Gasteiger partial charge < -0.3 is 146 Å². The van der Waals surface area contributed by atoms with Crippen molar-refractivity contribution in [3.63, 3.8) is 0 Å². The number of phenolic OH excluding ortho intramolecular Hbond substituents is 1. The Morgan fingerprint density at radius 1 is 0.368 bits per heavy atom. The Morgan fingerprint density at radius 3 is 1.15 bits per heavy atom. The van der Waals surface area contributed by atoms with Gasteiger partial charge >= 0.3 is 17.9 Å². The second kappa shape index (κ2) is 56.1. The molecule has 0 aromatic heterocycles. The number of hydrogen-bond acceptors (Lipinski definition) is 25. The number of aromatic hydroxyl groups is 1. The van der Waals surface area contributed by atoms with Gasteiger partial charge in [-0.1, -0.05) is 80.4 Å². The molecule has 0 aliphatic rings. The summed E-state index contributed by atoms with van der Waals surface area (Å²) in [6.45, 7) is 11.6. The fraction of sp³-hybridized carbons (Fsp3) is 0.613. The van der Waals surface area contributed by atoms with Gasteiger partial charge in [-0.2, -0.15) is 0 Å². The van der Waals surface area contributed by atoms with E-state index in [9.17, 15) is 121 Å². The number of carbonyl (C=O) groups excluding carboxylic acids is 18. The third-order valence-corrected chi connectivity index (χ3v) is 18.8. The molecule has 0 saturated heterocycles. The minimum atomic E-state index is -2.21. The highest BCUT2D eigenvalue weighted by molar-refractivity contribution is 6.02. The molecule has 1 aromatic rings. The van der Waals surface area contributed by atoms with Gasteiger partial charge in [-0.25, -0.2) is 4.79 Å². The topological polar surface area (TPSA) is 853 Å². The molecule has 1 aromatic carbocycles. The minimum Gasteiger partial charge on any atom is -0.508 e. The van der Waals surface area contributed by atoms with Gasteiger partial charge in [0, 0.05) is 32.4 Å². The van der Waals surface area contributed by atoms with Crippen molar-refractivity contribution in [2.24, 2.45) is 79.5 Å². The van der Waals surface area contributed by atoms with Crippen LogP contribution in [0.1, 0.15) is 158 Å². The molecular formula is C75H123N25O25. The van der Waals surface area contributed by atoms with Crippen LogP contribution in [0, 0.1) is 23.7 Å². The van der Waals surface area contributed by atoms with Gasteiger partial charge in [-0.05, 0) is 93.2 Å². The highest BCUT2D eigenvalue weighted by Crippen LogP contribution is 2.17. The summed E-state index contributed by atoms with van der Waals surface area (Å²) in [6.07, 6.45) is -5.73. The van der Waals surface area contributed by atoms with Gasteiger partial charge in [0.25, 0.3) is 0 Å². The first kappa shape index (κ1) is 109. The van der Waals surface area contributed by atoms with Crippen molar-refractivity contribution < 1.29 is 121 Å². The number of nitrogens with two attached hydrogens (primary N) is 8. The lowest BCUT2D eigenvalue weighted by Crippen LogP contribution is -2.61. The molecule has 18 amide bonds. The number of carbonyl (C=O) groups is 21. The summed E-state index contributed by atoms with van der Waals surface area (Å²) in [7, 11) is 0. The summed E-state index contributed by atoms with van der Waals surface area (Å²) in [5.41, 5.74) is 43.3. The van der Waals surface area contributed by atoms with Gasteiger partial charge in [0.1, 0.15) is 84.3 Å². The van der Waals surface area contributed by atoms with Crippen LogP contribution in [0.15, 0.2) is 34.3 Å². The number of primary amides is 3. The molecule has 125 heavy (non-hydrogen) atoms. The summed E-state index contributed by atoms with van der Waals surface area (Å²) in [4.78, 5) is 287. The summed E-state index contributed by atoms with van der Waals surface area (Å²) >= 11 is 0. The molecule has 15 atom stereocenters. The number of guanidine groups is 2. The third kappa shape index (κ3) is 43.6. The van der Waals surface area contributed by atoms with Crippen LogP contribution in [0.25, 0.3) is 0 Å². The van der Waals surface area contributed by atoms with Crippen LogP contribution in [0.4, 0.5) is 0 Å². The second-order valence-corrected chi connectivity index (χ2v) is 30.2. The lowest BCUT2D eigenvalue weighted by Gasteiger charge is -2.30. The minimum absolute atomic E-state index is 0.0224. The molecule has 0 spiro atoms. The lowest BCUT2D eigenvalue weighted by atomic mass is 9.94. The van der Waals surface area contributed by atoms with Crippen molar-refractivity contribution in [3.8, 4) is 5.75 Å². The number of hydrogen-bond donors (Lipinski definition) is 27. The van der Waals surface area contributed by atoms with Crippen molar-refractivity contribution in [1.29, 1.82) is 0 Å². The van der Waals surface area contributed by atoms with E-state index in [0.717, 1.165) is 0 Å². The van der Waals surface area contributed by atoms with Gasteiger partial charge in [0.05, 0.1) is 38.9 Å². The maximum atomic E-state index is 14.4. The predicted octanol–water partition coefficient (Wildman–Crippen LogP) is -10.2. The lowest BCUT2D eigenvalue weighted by molar-refractivity contribution is -0.143. The van der Waals surface area contributed by atoms with Crippen LogP contribution in [-0.2, 0) is 107 Å². The molecular weight excluding hydrogens is 1650 g/mol. The van der Waals surface area contributed by atoms with Gasteiger partial charge in [-0.3, -0.25) is 106 Å². The van der Waals surface area contributed by atoms with E-state index >= 15 is 0 Å². The molecule has 0 heterocycles. The van der Waals surface area contributed by atoms with E-state index in [-0.39, 0.29) is 100 Å². The standard InChI is InChI=1S/C75H123N25O25/c1-10-36(7)59(71(122)87-33-55(107)91-48(29-56(108)109)68(119)97-49(30-57(110)111)69(120)95-46(27-39-16-18-40(101)19-17-39)66(117)96-47(28-52(79)104)67(118)93-44(73(124)125)15-13-25-85-75(82)83)100-72(123)60(37(8)11-2)99-61(112)38(9)88-65(116)45(26-34(3)4)94-63(114)43(21-23-51(78)103)92-62(113)41(14-12-24-84-74(80)81)90-54(106)32-86-70(121)58(35(5)6)98-64(115)42(20-22-50(77)102)89-53(105)31-76/h16-19,34-38,41-49,58-60,101H,10-15,20-33,76H2,1-9H3,(H2,77,102)(H2,78,103)(H2,79,104)(H,86,121)(H,87,122)(H,88,116)(H,89,105)(H,90,106)(H,91,107)(H,92,113)(H,93,118)(H,94,114)(H,95,120)(H,96,117)(H,97,119)(H,98,115)(H,99,112)(H,100,123)(H,108,109)(H,110,111)(H,124,125)(H4,80,81,84)(H4,82,83,85)/t36-,37-,38-,41-,42-,43-,44-,45-,46-,47-,48-,49-,58-,59-,60-/m0/s1. The normalized spacial score (nSPS) is 14.5. The Balaban J connectivity index is 3.51. The second-order valence-electron chi connectivity index (χ2n) is 30.2. The Kier molecular flexibility index (Phi) is 49.1. The number of aliphatic carboxylic acids is 3. The zero-order valence-electron chi connectivity index (χ0n) is 71.1. The van der Waals surface area contributed by atoms with Crippen molar-refractivity contribution in [3.05, 3.63) is 29.8 Å². The fourth-order valence-electron chi connectivity index (χ4n) is 11.6. The van der Waals surface area contributed by atoms with E-state index in [1.807, 2.05) is 5.32 Å². The first-order valence-electron chi connectivity index (χ1n) is 40.0. The van der Waals surface area contributed by atoms with Gasteiger partial charge in [0.15, 0.2) is 11.9 Å². The van der Waals surface area contributed by atoms with E-state index in [4.69, 9.17) is 45.9 Å². The molecule has 1 rings (SSSR count). The number of amides is 18. The SMILES string of the molecule is CC[C@H](C)[C@H](NC(=O)[C@H](C)NC(=O)[C@H](CC(C)C)NC(=O)[C@H](CCC(N)=O)NC(=O)[C@H](CCCN=C(N)N)NC(=O)CNC(=O)[C@@H](NC(=O)[C@H](CCC(N)=O)NC(=O)CN)C(C)C)C(=O)N[C@H](C(=O)NCC(=O)N[C@@H](CC(=O)O)C(=O)N[C@@H](CC(=O)O)C(=O)N[C@@H](Cc1ccc(O)cc1)C(=O)N[C@@H](CC(N)=O)C(=O)N[C@@H](CCCN=C(N)N)C(=O)O)[C@@H](C)CC. The average Bonchev–Trinajstić information content (AvgIpc) is 0.970. The molecule has 0 unspecified atom stereocenters. The molecule has 50 heteroatoms. The molecule has 698 valence electrons. The van der Waals surface area contributed by atoms with E-state index in [0.29, 0.717) is 0 Å². The molecule has 35 N–H and O–H groups in total. The van der Waals surface area contributed by atoms with E-state index in [1.54, 1.807) is 48.5 Å². The molecule has 0 aliphatic heterocycles. The first-order chi connectivity index (χ1) is 58.4. The number of carboxylic acid groups (broad SMARTS) is 3. The van der Waals surface area contributed by atoms with E-state index in [1.165, 1.54) is 38.1 Å². The monoisotopic (exact) mass is 1770 g/mol. The van der Waals surface area contributed by atoms with Gasteiger partial charge in [0.2, 0.25) is 106 Å². The predicted molar refractivity (Wildman–Crippen MR) is 443 cm³/mol. The zero-order chi connectivity index (χ0) is 95.2. The number of benzene rings is 1. The number of phenols is 1. The summed E-state index contributed by atoms with van der Waals surface area (Å²) < 4.78 is 0. The summed E-state index contributed by atoms with van der Waals surface area (Å²) in [6, 6.07) is -16.7. The zero-order valence-corrected chi connectivity index (χ0v) is 71.1. The van der Waals surface area contributed by atoms with Crippen LogP contribution in [0.2, 0.25) is 0 Å². The van der Waals surface area contributed by atoms with Crippen molar-refractivity contribution in [2.75, 3.05) is 32.7 Å². The van der Waals surface area contributed by atoms with Crippen LogP contribution in [0.5, 0.6) is 5.75 Å². The average molecular weight is 1770 g/mol. The Hall–Kier alpha value is -13.6. The van der Waals surface area contributed by atoms with Crippen LogP contribution in [-0.4, -0.2) is 268 Å². The summed E-state index contributed by atoms with van der Waals surface area (Å²) in [5.74, 6) is -27.5. The number of nitrogens with one attached hydrogen (secondary N) is 15. The molecule has 0 bridgehead atoms. The number of rotatable bonds is 60. The maximum absolute atomic E-state index is 14.4. The number of nitrogens with zero attached hydrogens (tertiary/aromatic N) is 2. The van der Waals surface area contributed by atoms with Crippen molar-refractivity contribution >= 4 is 136 Å². The number of carboxylic acids is 3. The van der Waals surface area contributed by atoms with Crippen molar-refractivity contribution in [1.82, 2.24) is 79.8 Å². The highest BCUT2D eigenvalue weighted by atomic mass is 16.4. The van der Waals surface area contributed by atoms with Crippen molar-refractivity contribution in [2.45, 2.75) is 237 Å². The van der Waals surface area contributed by atoms with Gasteiger partial charge in [-0.15, -0.1) is 0 Å². The molecule has 0 saturated carbocycles. The first-order valence-corrected chi connectivity index (χ1v) is 40.0. The molecule has 0 radical (unpaired) electrons. The highest BCUT2D eigenvalue weighted by Gasteiger charge is 2.39. The quantitative estimate of drug-likeness (QED) is 0.0164. The number of aliphatic imine (C=N–C) groups is 2. The Bertz CT molecular complexity index is 4010. The Labute approximate surface area is 719 Å². The molecule has 0 aliphatic carbocycles. The fourth-order valence-corrected chi connectivity index (χ4v) is 11.6. The van der Waals surface area contributed by atoms with Crippen LogP contribution >= 0.6 is 0 Å². The summed E-state index contributed by atoms with van der Waals surface area (Å²) in [5, 5.41) is 74.8. The van der Waals surface area contributed by atoms with E-state index in [2.05, 4.69) is 84.4 Å². The molecule has 0 fully saturated rings. The smallest absolute Gasteiger partial charge is 0.326 e. The van der Waals surface area contributed by atoms with Crippen LogP contribution in [0.3, 0.4) is 0 Å². The Morgan fingerprint density at radius 2 is 0.720 bits per heavy atom. The largest absolute Gasteiger partial charge is 0.508 e. The third-order valence-electron chi connectivity index (χ3n) is 18.8. The van der Waals surface area contributed by atoms with Crippen LogP contribution < -0.4 is 126 Å². The molecule has 50 nitrogen and oxygen atoms in total. The van der Waals surface area contributed by atoms with E-state index < -0.39 is 279 Å².